The molecule has 2 aliphatic rings. The minimum atomic E-state index is 0.221. The van der Waals surface area contributed by atoms with Crippen molar-refractivity contribution in [3.05, 3.63) is 29.5 Å². The first-order chi connectivity index (χ1) is 11.8. The summed E-state index contributed by atoms with van der Waals surface area (Å²) in [4.78, 5) is 22.6. The lowest BCUT2D eigenvalue weighted by atomic mass is 9.95. The predicted octanol–water partition coefficient (Wildman–Crippen LogP) is 3.24. The Morgan fingerprint density at radius 2 is 2.04 bits per heavy atom. The summed E-state index contributed by atoms with van der Waals surface area (Å²) in [6.45, 7) is 4.66. The van der Waals surface area contributed by atoms with E-state index in [-0.39, 0.29) is 5.92 Å². The molecule has 0 radical (unpaired) electrons. The van der Waals surface area contributed by atoms with Crippen molar-refractivity contribution in [1.82, 2.24) is 14.8 Å². The molecule has 0 atom stereocenters. The van der Waals surface area contributed by atoms with Crippen LogP contribution in [0.3, 0.4) is 0 Å². The number of carbonyl (C=O) groups excluding carboxylic acids is 1. The van der Waals surface area contributed by atoms with Crippen molar-refractivity contribution in [3.8, 4) is 10.8 Å². The van der Waals surface area contributed by atoms with Gasteiger partial charge in [-0.3, -0.25) is 9.69 Å². The zero-order valence-electron chi connectivity index (χ0n) is 13.8. The molecule has 5 nitrogen and oxygen atoms in total. The van der Waals surface area contributed by atoms with Crippen LogP contribution in [0.2, 0.25) is 0 Å². The van der Waals surface area contributed by atoms with Crippen molar-refractivity contribution in [2.45, 2.75) is 32.2 Å². The summed E-state index contributed by atoms with van der Waals surface area (Å²) in [7, 11) is 0. The number of piperidine rings is 1. The summed E-state index contributed by atoms with van der Waals surface area (Å²) >= 11 is 1.64. The third kappa shape index (κ3) is 3.39. The first-order valence-corrected chi connectivity index (χ1v) is 9.67. The second-order valence-electron chi connectivity index (χ2n) is 6.70. The van der Waals surface area contributed by atoms with Gasteiger partial charge in [0.1, 0.15) is 6.26 Å². The number of carbonyl (C=O) groups is 1. The van der Waals surface area contributed by atoms with Gasteiger partial charge in [-0.05, 0) is 50.2 Å². The number of thiophene rings is 1. The van der Waals surface area contributed by atoms with E-state index in [4.69, 9.17) is 4.42 Å². The molecule has 0 aromatic carbocycles. The lowest BCUT2D eigenvalue weighted by Crippen LogP contribution is -2.41. The van der Waals surface area contributed by atoms with Gasteiger partial charge in [-0.2, -0.15) is 0 Å². The summed E-state index contributed by atoms with van der Waals surface area (Å²) in [5, 5.41) is 2.03. The predicted molar refractivity (Wildman–Crippen MR) is 93.6 cm³/mol. The number of amides is 1. The summed E-state index contributed by atoms with van der Waals surface area (Å²) in [6.07, 6.45) is 6.03. The van der Waals surface area contributed by atoms with E-state index in [0.717, 1.165) is 56.1 Å². The summed E-state index contributed by atoms with van der Waals surface area (Å²) in [5.41, 5.74) is 0.975. The van der Waals surface area contributed by atoms with E-state index < -0.39 is 0 Å². The SMILES string of the molecule is O=C(C1CCN(Cc2coc(-c3cccs3)n2)CC1)N1CCCC1. The topological polar surface area (TPSA) is 49.6 Å². The molecular weight excluding hydrogens is 322 g/mol. The average Bonchev–Trinajstić information content (AvgIpc) is 3.36. The normalized spacial score (nSPS) is 19.9. The molecular formula is C18H23N3O2S. The molecule has 2 aliphatic heterocycles. The zero-order chi connectivity index (χ0) is 16.4. The van der Waals surface area contributed by atoms with Crippen LogP contribution in [0, 0.1) is 5.92 Å². The van der Waals surface area contributed by atoms with Crippen LogP contribution in [-0.4, -0.2) is 46.9 Å². The molecule has 0 aliphatic carbocycles. The van der Waals surface area contributed by atoms with Gasteiger partial charge < -0.3 is 9.32 Å². The van der Waals surface area contributed by atoms with Gasteiger partial charge in [-0.15, -0.1) is 11.3 Å². The van der Waals surface area contributed by atoms with Crippen molar-refractivity contribution in [2.24, 2.45) is 5.92 Å². The van der Waals surface area contributed by atoms with Crippen molar-refractivity contribution in [3.63, 3.8) is 0 Å². The largest absolute Gasteiger partial charge is 0.444 e. The van der Waals surface area contributed by atoms with Gasteiger partial charge in [0.05, 0.1) is 10.6 Å². The second kappa shape index (κ2) is 7.07. The Morgan fingerprint density at radius 3 is 2.75 bits per heavy atom. The molecule has 0 saturated carbocycles. The highest BCUT2D eigenvalue weighted by molar-refractivity contribution is 7.13. The molecule has 0 bridgehead atoms. The van der Waals surface area contributed by atoms with Crippen molar-refractivity contribution < 1.29 is 9.21 Å². The Morgan fingerprint density at radius 1 is 1.25 bits per heavy atom. The summed E-state index contributed by atoms with van der Waals surface area (Å²) < 4.78 is 5.59. The van der Waals surface area contributed by atoms with Crippen LogP contribution in [0.4, 0.5) is 0 Å². The van der Waals surface area contributed by atoms with Crippen LogP contribution < -0.4 is 0 Å². The van der Waals surface area contributed by atoms with Crippen LogP contribution in [-0.2, 0) is 11.3 Å². The molecule has 2 saturated heterocycles. The van der Waals surface area contributed by atoms with E-state index in [2.05, 4.69) is 14.8 Å². The van der Waals surface area contributed by atoms with Gasteiger partial charge in [0, 0.05) is 25.6 Å². The van der Waals surface area contributed by atoms with Gasteiger partial charge in [-0.25, -0.2) is 4.98 Å². The third-order valence-corrected chi connectivity index (χ3v) is 5.88. The van der Waals surface area contributed by atoms with Crippen molar-refractivity contribution in [2.75, 3.05) is 26.2 Å². The van der Waals surface area contributed by atoms with E-state index in [9.17, 15) is 4.79 Å². The van der Waals surface area contributed by atoms with Crippen LogP contribution in [0.15, 0.2) is 28.2 Å². The Bertz CT molecular complexity index is 668. The van der Waals surface area contributed by atoms with E-state index in [1.54, 1.807) is 17.6 Å². The Balaban J connectivity index is 1.29. The molecule has 0 N–H and O–H groups in total. The van der Waals surface area contributed by atoms with Gasteiger partial charge in [0.15, 0.2) is 0 Å². The number of rotatable bonds is 4. The van der Waals surface area contributed by atoms with Crippen LogP contribution in [0.1, 0.15) is 31.4 Å². The number of likely N-dealkylation sites (tertiary alicyclic amines) is 2. The lowest BCUT2D eigenvalue weighted by Gasteiger charge is -2.32. The lowest BCUT2D eigenvalue weighted by molar-refractivity contribution is -0.136. The molecule has 4 heterocycles. The quantitative estimate of drug-likeness (QED) is 0.854. The number of nitrogens with zero attached hydrogens (tertiary/aromatic N) is 3. The van der Waals surface area contributed by atoms with E-state index in [0.29, 0.717) is 11.8 Å². The average molecular weight is 345 g/mol. The van der Waals surface area contributed by atoms with Gasteiger partial charge in [0.25, 0.3) is 0 Å². The minimum Gasteiger partial charge on any atom is -0.444 e. The molecule has 128 valence electrons. The maximum absolute atomic E-state index is 12.5. The number of hydrogen-bond acceptors (Lipinski definition) is 5. The van der Waals surface area contributed by atoms with Crippen LogP contribution in [0.5, 0.6) is 0 Å². The number of aromatic nitrogens is 1. The standard InChI is InChI=1S/C18H23N3O2S/c22-18(21-7-1-2-8-21)14-5-9-20(10-6-14)12-15-13-23-17(19-15)16-4-3-11-24-16/h3-4,11,13-14H,1-2,5-10,12H2. The van der Waals surface area contributed by atoms with Crippen LogP contribution >= 0.6 is 11.3 Å². The molecule has 0 unspecified atom stereocenters. The molecule has 24 heavy (non-hydrogen) atoms. The number of oxazole rings is 1. The monoisotopic (exact) mass is 345 g/mol. The fourth-order valence-corrected chi connectivity index (χ4v) is 4.31. The van der Waals surface area contributed by atoms with Gasteiger partial charge >= 0.3 is 0 Å². The maximum Gasteiger partial charge on any atom is 0.236 e. The second-order valence-corrected chi connectivity index (χ2v) is 7.65. The fraction of sp³-hybridized carbons (Fsp3) is 0.556. The van der Waals surface area contributed by atoms with Crippen molar-refractivity contribution >= 4 is 17.2 Å². The molecule has 6 heteroatoms. The molecule has 1 amide bonds. The highest BCUT2D eigenvalue weighted by Crippen LogP contribution is 2.26. The van der Waals surface area contributed by atoms with E-state index in [1.807, 2.05) is 17.5 Å². The highest BCUT2D eigenvalue weighted by atomic mass is 32.1. The summed E-state index contributed by atoms with van der Waals surface area (Å²) in [6, 6.07) is 4.03. The first-order valence-electron chi connectivity index (χ1n) is 8.79. The zero-order valence-corrected chi connectivity index (χ0v) is 14.6. The molecule has 0 spiro atoms. The maximum atomic E-state index is 12.5. The van der Waals surface area contributed by atoms with Gasteiger partial charge in [-0.1, -0.05) is 6.07 Å². The fourth-order valence-electron chi connectivity index (χ4n) is 3.66. The molecule has 2 fully saturated rings. The Kier molecular flexibility index (Phi) is 4.67. The first kappa shape index (κ1) is 15.8. The third-order valence-electron chi connectivity index (χ3n) is 5.02. The molecule has 4 rings (SSSR count). The van der Waals surface area contributed by atoms with Crippen molar-refractivity contribution in [1.29, 1.82) is 0 Å². The van der Waals surface area contributed by atoms with Gasteiger partial charge in [0.2, 0.25) is 11.8 Å². The smallest absolute Gasteiger partial charge is 0.236 e. The Hall–Kier alpha value is -1.66. The highest BCUT2D eigenvalue weighted by Gasteiger charge is 2.29. The Labute approximate surface area is 146 Å². The molecule has 2 aromatic rings. The summed E-state index contributed by atoms with van der Waals surface area (Å²) in [5.74, 6) is 1.31. The van der Waals surface area contributed by atoms with Crippen LogP contribution in [0.25, 0.3) is 10.8 Å². The molecule has 2 aromatic heterocycles. The van der Waals surface area contributed by atoms with E-state index in [1.165, 1.54) is 12.8 Å². The van der Waals surface area contributed by atoms with E-state index >= 15 is 0 Å². The minimum absolute atomic E-state index is 0.221. The number of hydrogen-bond donors (Lipinski definition) is 0.